The minimum atomic E-state index is -0.607. The molecular weight excluding hydrogens is 194 g/mol. The van der Waals surface area contributed by atoms with Crippen LogP contribution in [0.1, 0.15) is 12.5 Å². The van der Waals surface area contributed by atoms with E-state index in [0.717, 1.165) is 17.7 Å². The van der Waals surface area contributed by atoms with Gasteiger partial charge in [-0.05, 0) is 18.1 Å². The zero-order valence-electron chi connectivity index (χ0n) is 8.43. The third-order valence-electron chi connectivity index (χ3n) is 2.65. The standard InChI is InChI=1S/C11H13NO3/c1-7-6-8-4-2-3-5-9(8)15-10(7)11(13)12-14/h2-5,7,10,14H,6H2,1H3,(H,12,13). The molecule has 2 rings (SSSR count). The lowest BCUT2D eigenvalue weighted by atomic mass is 9.92. The molecule has 0 bridgehead atoms. The molecule has 1 aliphatic heterocycles. The van der Waals surface area contributed by atoms with Crippen molar-refractivity contribution in [2.75, 3.05) is 0 Å². The van der Waals surface area contributed by atoms with Gasteiger partial charge in [-0.1, -0.05) is 25.1 Å². The summed E-state index contributed by atoms with van der Waals surface area (Å²) < 4.78 is 5.52. The van der Waals surface area contributed by atoms with E-state index >= 15 is 0 Å². The first kappa shape index (κ1) is 9.98. The molecule has 2 atom stereocenters. The van der Waals surface area contributed by atoms with Gasteiger partial charge in [0.15, 0.2) is 6.10 Å². The molecule has 1 amide bonds. The summed E-state index contributed by atoms with van der Waals surface area (Å²) in [5, 5.41) is 8.57. The van der Waals surface area contributed by atoms with Gasteiger partial charge in [0, 0.05) is 5.92 Å². The molecule has 0 fully saturated rings. The minimum Gasteiger partial charge on any atom is -0.480 e. The van der Waals surface area contributed by atoms with Crippen LogP contribution in [0.2, 0.25) is 0 Å². The SMILES string of the molecule is CC1Cc2ccccc2OC1C(=O)NO. The lowest BCUT2D eigenvalue weighted by Gasteiger charge is -2.29. The van der Waals surface area contributed by atoms with E-state index in [1.165, 1.54) is 0 Å². The molecule has 1 aliphatic rings. The summed E-state index contributed by atoms with van der Waals surface area (Å²) in [6, 6.07) is 7.63. The summed E-state index contributed by atoms with van der Waals surface area (Å²) in [4.78, 5) is 11.3. The number of carbonyl (C=O) groups is 1. The molecule has 4 heteroatoms. The van der Waals surface area contributed by atoms with E-state index in [9.17, 15) is 4.79 Å². The van der Waals surface area contributed by atoms with Crippen molar-refractivity contribution in [1.29, 1.82) is 0 Å². The summed E-state index contributed by atoms with van der Waals surface area (Å²) >= 11 is 0. The molecule has 1 aromatic rings. The fraction of sp³-hybridized carbons (Fsp3) is 0.364. The average molecular weight is 207 g/mol. The summed E-state index contributed by atoms with van der Waals surface area (Å²) in [5.41, 5.74) is 2.74. The highest BCUT2D eigenvalue weighted by Gasteiger charge is 2.31. The lowest BCUT2D eigenvalue weighted by molar-refractivity contribution is -0.139. The number of carbonyl (C=O) groups excluding carboxylic acids is 1. The van der Waals surface area contributed by atoms with E-state index in [4.69, 9.17) is 9.94 Å². The number of hydrogen-bond acceptors (Lipinski definition) is 3. The fourth-order valence-electron chi connectivity index (χ4n) is 1.87. The van der Waals surface area contributed by atoms with E-state index < -0.39 is 12.0 Å². The molecule has 15 heavy (non-hydrogen) atoms. The Kier molecular flexibility index (Phi) is 2.60. The van der Waals surface area contributed by atoms with Crippen LogP contribution in [0.15, 0.2) is 24.3 Å². The zero-order valence-corrected chi connectivity index (χ0v) is 8.43. The molecule has 1 aromatic carbocycles. The van der Waals surface area contributed by atoms with Gasteiger partial charge >= 0.3 is 0 Å². The van der Waals surface area contributed by atoms with Crippen LogP contribution < -0.4 is 10.2 Å². The van der Waals surface area contributed by atoms with Gasteiger partial charge in [-0.3, -0.25) is 10.0 Å². The first-order chi connectivity index (χ1) is 7.22. The number of rotatable bonds is 1. The van der Waals surface area contributed by atoms with Crippen molar-refractivity contribution in [2.24, 2.45) is 5.92 Å². The van der Waals surface area contributed by atoms with Crippen molar-refractivity contribution in [3.63, 3.8) is 0 Å². The van der Waals surface area contributed by atoms with Crippen molar-refractivity contribution < 1.29 is 14.7 Å². The van der Waals surface area contributed by atoms with Crippen LogP contribution in [-0.4, -0.2) is 17.2 Å². The second-order valence-corrected chi connectivity index (χ2v) is 3.80. The topological polar surface area (TPSA) is 58.6 Å². The van der Waals surface area contributed by atoms with E-state index in [-0.39, 0.29) is 5.92 Å². The maximum atomic E-state index is 11.3. The molecule has 0 aliphatic carbocycles. The van der Waals surface area contributed by atoms with E-state index in [1.54, 1.807) is 5.48 Å². The van der Waals surface area contributed by atoms with Gasteiger partial charge in [0.05, 0.1) is 0 Å². The van der Waals surface area contributed by atoms with Gasteiger partial charge in [-0.15, -0.1) is 0 Å². The fourth-order valence-corrected chi connectivity index (χ4v) is 1.87. The number of benzene rings is 1. The number of fused-ring (bicyclic) bond motifs is 1. The van der Waals surface area contributed by atoms with Crippen LogP contribution in [-0.2, 0) is 11.2 Å². The lowest BCUT2D eigenvalue weighted by Crippen LogP contribution is -2.43. The van der Waals surface area contributed by atoms with Crippen molar-refractivity contribution in [3.05, 3.63) is 29.8 Å². The first-order valence-electron chi connectivity index (χ1n) is 4.91. The zero-order chi connectivity index (χ0) is 10.8. The smallest absolute Gasteiger partial charge is 0.284 e. The molecule has 0 spiro atoms. The van der Waals surface area contributed by atoms with Crippen molar-refractivity contribution in [3.8, 4) is 5.75 Å². The molecule has 0 saturated heterocycles. The highest BCUT2D eigenvalue weighted by molar-refractivity contribution is 5.80. The average Bonchev–Trinajstić information content (AvgIpc) is 2.27. The Labute approximate surface area is 87.8 Å². The van der Waals surface area contributed by atoms with Crippen molar-refractivity contribution in [1.82, 2.24) is 5.48 Å². The Balaban J connectivity index is 2.25. The number of nitrogens with one attached hydrogen (secondary N) is 1. The number of hydrogen-bond donors (Lipinski definition) is 2. The normalized spacial score (nSPS) is 23.9. The van der Waals surface area contributed by atoms with Gasteiger partial charge in [0.1, 0.15) is 5.75 Å². The molecule has 80 valence electrons. The largest absolute Gasteiger partial charge is 0.480 e. The van der Waals surface area contributed by atoms with Crippen molar-refractivity contribution >= 4 is 5.91 Å². The second-order valence-electron chi connectivity index (χ2n) is 3.80. The quantitative estimate of drug-likeness (QED) is 0.536. The Morgan fingerprint density at radius 2 is 2.27 bits per heavy atom. The van der Waals surface area contributed by atoms with Crippen LogP contribution >= 0.6 is 0 Å². The molecule has 2 unspecified atom stereocenters. The van der Waals surface area contributed by atoms with Crippen LogP contribution in [0.5, 0.6) is 5.75 Å². The summed E-state index contributed by atoms with van der Waals surface area (Å²) in [6.07, 6.45) is 0.179. The van der Waals surface area contributed by atoms with Crippen LogP contribution in [0, 0.1) is 5.92 Å². The van der Waals surface area contributed by atoms with Gasteiger partial charge in [0.25, 0.3) is 5.91 Å². The second kappa shape index (κ2) is 3.90. The Morgan fingerprint density at radius 3 is 3.00 bits per heavy atom. The summed E-state index contributed by atoms with van der Waals surface area (Å²) in [6.45, 7) is 1.93. The molecule has 0 radical (unpaired) electrons. The van der Waals surface area contributed by atoms with E-state index in [2.05, 4.69) is 0 Å². The third-order valence-corrected chi connectivity index (χ3v) is 2.65. The minimum absolute atomic E-state index is 0.0621. The Morgan fingerprint density at radius 1 is 1.53 bits per heavy atom. The summed E-state index contributed by atoms with van der Waals surface area (Å²) in [7, 11) is 0. The van der Waals surface area contributed by atoms with E-state index in [1.807, 2.05) is 31.2 Å². The number of hydroxylamine groups is 1. The van der Waals surface area contributed by atoms with Crippen LogP contribution in [0.3, 0.4) is 0 Å². The number of ether oxygens (including phenoxy) is 1. The van der Waals surface area contributed by atoms with Crippen molar-refractivity contribution in [2.45, 2.75) is 19.4 Å². The highest BCUT2D eigenvalue weighted by atomic mass is 16.5. The van der Waals surface area contributed by atoms with Crippen LogP contribution in [0.25, 0.3) is 0 Å². The number of para-hydroxylation sites is 1. The van der Waals surface area contributed by atoms with Gasteiger partial charge in [-0.25, -0.2) is 5.48 Å². The maximum Gasteiger partial charge on any atom is 0.284 e. The van der Waals surface area contributed by atoms with Gasteiger partial charge in [-0.2, -0.15) is 0 Å². The van der Waals surface area contributed by atoms with Crippen LogP contribution in [0.4, 0.5) is 0 Å². The predicted molar refractivity (Wildman–Crippen MR) is 53.7 cm³/mol. The molecule has 4 nitrogen and oxygen atoms in total. The maximum absolute atomic E-state index is 11.3. The monoisotopic (exact) mass is 207 g/mol. The highest BCUT2D eigenvalue weighted by Crippen LogP contribution is 2.30. The molecule has 0 aromatic heterocycles. The molecule has 2 N–H and O–H groups in total. The Bertz CT molecular complexity index is 378. The molecule has 0 saturated carbocycles. The van der Waals surface area contributed by atoms with E-state index in [0.29, 0.717) is 0 Å². The first-order valence-corrected chi connectivity index (χ1v) is 4.91. The van der Waals surface area contributed by atoms with Gasteiger partial charge < -0.3 is 4.74 Å². The number of amides is 1. The third kappa shape index (κ3) is 1.80. The Hall–Kier alpha value is -1.55. The summed E-state index contributed by atoms with van der Waals surface area (Å²) in [5.74, 6) is 0.299. The molecule has 1 heterocycles. The molecular formula is C11H13NO3. The predicted octanol–water partition coefficient (Wildman–Crippen LogP) is 1.13. The van der Waals surface area contributed by atoms with Gasteiger partial charge in [0.2, 0.25) is 0 Å².